The minimum absolute atomic E-state index is 0.240. The summed E-state index contributed by atoms with van der Waals surface area (Å²) in [5, 5.41) is 11.7. The lowest BCUT2D eigenvalue weighted by atomic mass is 9.98. The zero-order chi connectivity index (χ0) is 15.2. The summed E-state index contributed by atoms with van der Waals surface area (Å²) in [6.07, 6.45) is 3.57. The van der Waals surface area contributed by atoms with E-state index < -0.39 is 5.82 Å². The summed E-state index contributed by atoms with van der Waals surface area (Å²) in [6.45, 7) is 2.53. The monoisotopic (exact) mass is 289 g/mol. The Morgan fingerprint density at radius 1 is 1.48 bits per heavy atom. The highest BCUT2D eigenvalue weighted by atomic mass is 19.1. The first-order valence-electron chi connectivity index (χ1n) is 7.29. The number of carbonyl (C=O) groups is 1. The first-order valence-corrected chi connectivity index (χ1v) is 7.29. The van der Waals surface area contributed by atoms with Crippen molar-refractivity contribution in [2.45, 2.75) is 26.2 Å². The summed E-state index contributed by atoms with van der Waals surface area (Å²) < 4.78 is 13.3. The van der Waals surface area contributed by atoms with E-state index in [0.717, 1.165) is 6.42 Å². The number of aliphatic hydroxyl groups excluding tert-OH is 1. The summed E-state index contributed by atoms with van der Waals surface area (Å²) in [7, 11) is 0. The molecule has 1 saturated carbocycles. The fraction of sp³-hybridized carbons (Fsp3) is 0.471. The SMILES string of the molecule is CC1CCCC1CNC(=O)c1ccc(F)cc1C#CCO. The molecule has 0 radical (unpaired) electrons. The minimum Gasteiger partial charge on any atom is -0.384 e. The molecule has 1 amide bonds. The van der Waals surface area contributed by atoms with Gasteiger partial charge in [0.25, 0.3) is 5.91 Å². The highest BCUT2D eigenvalue weighted by molar-refractivity contribution is 5.96. The molecule has 112 valence electrons. The lowest BCUT2D eigenvalue weighted by Crippen LogP contribution is -2.30. The van der Waals surface area contributed by atoms with Gasteiger partial charge in [0.05, 0.1) is 5.56 Å². The Morgan fingerprint density at radius 2 is 2.29 bits per heavy atom. The first kappa shape index (κ1) is 15.5. The number of hydrogen-bond acceptors (Lipinski definition) is 2. The number of halogens is 1. The summed E-state index contributed by atoms with van der Waals surface area (Å²) in [5.41, 5.74) is 0.657. The molecule has 2 unspecified atom stereocenters. The second kappa shape index (κ2) is 7.24. The van der Waals surface area contributed by atoms with Gasteiger partial charge in [-0.3, -0.25) is 4.79 Å². The predicted molar refractivity (Wildman–Crippen MR) is 79.2 cm³/mol. The van der Waals surface area contributed by atoms with Crippen molar-refractivity contribution in [2.75, 3.05) is 13.2 Å². The molecule has 0 bridgehead atoms. The van der Waals surface area contributed by atoms with Crippen LogP contribution in [-0.2, 0) is 0 Å². The lowest BCUT2D eigenvalue weighted by molar-refractivity contribution is 0.0944. The Kier molecular flexibility index (Phi) is 5.35. The molecule has 0 spiro atoms. The number of benzene rings is 1. The van der Waals surface area contributed by atoms with Gasteiger partial charge in [-0.05, 0) is 36.5 Å². The fourth-order valence-corrected chi connectivity index (χ4v) is 2.80. The molecular weight excluding hydrogens is 269 g/mol. The Balaban J connectivity index is 2.07. The highest BCUT2D eigenvalue weighted by Crippen LogP contribution is 2.30. The predicted octanol–water partition coefficient (Wildman–Crippen LogP) is 2.34. The van der Waals surface area contributed by atoms with Gasteiger partial charge in [0.2, 0.25) is 0 Å². The van der Waals surface area contributed by atoms with Gasteiger partial charge < -0.3 is 10.4 Å². The summed E-state index contributed by atoms with van der Waals surface area (Å²) in [6, 6.07) is 3.90. The second-order valence-corrected chi connectivity index (χ2v) is 5.53. The van der Waals surface area contributed by atoms with Crippen LogP contribution in [0.3, 0.4) is 0 Å². The smallest absolute Gasteiger partial charge is 0.252 e. The standard InChI is InChI=1S/C17H20FNO2/c1-12-4-2-5-14(12)11-19-17(21)16-8-7-15(18)10-13(16)6-3-9-20/h7-8,10,12,14,20H,2,4-5,9,11H2,1H3,(H,19,21). The molecule has 1 fully saturated rings. The number of rotatable bonds is 3. The van der Waals surface area contributed by atoms with Gasteiger partial charge >= 0.3 is 0 Å². The van der Waals surface area contributed by atoms with Gasteiger partial charge in [0.15, 0.2) is 0 Å². The minimum atomic E-state index is -0.446. The Bertz CT molecular complexity index is 574. The third-order valence-corrected chi connectivity index (χ3v) is 4.09. The van der Waals surface area contributed by atoms with E-state index >= 15 is 0 Å². The topological polar surface area (TPSA) is 49.3 Å². The molecule has 2 atom stereocenters. The van der Waals surface area contributed by atoms with Crippen molar-refractivity contribution in [1.29, 1.82) is 0 Å². The molecule has 21 heavy (non-hydrogen) atoms. The molecular formula is C17H20FNO2. The van der Waals surface area contributed by atoms with Crippen LogP contribution in [0.4, 0.5) is 4.39 Å². The van der Waals surface area contributed by atoms with Crippen molar-refractivity contribution in [3.05, 3.63) is 35.1 Å². The van der Waals surface area contributed by atoms with E-state index in [-0.39, 0.29) is 12.5 Å². The van der Waals surface area contributed by atoms with Crippen molar-refractivity contribution in [3.8, 4) is 11.8 Å². The van der Waals surface area contributed by atoms with E-state index in [2.05, 4.69) is 24.1 Å². The van der Waals surface area contributed by atoms with Crippen LogP contribution >= 0.6 is 0 Å². The van der Waals surface area contributed by atoms with Crippen molar-refractivity contribution >= 4 is 5.91 Å². The second-order valence-electron chi connectivity index (χ2n) is 5.53. The maximum absolute atomic E-state index is 13.3. The maximum Gasteiger partial charge on any atom is 0.252 e. The lowest BCUT2D eigenvalue weighted by Gasteiger charge is -2.16. The zero-order valence-corrected chi connectivity index (χ0v) is 12.2. The van der Waals surface area contributed by atoms with Crippen LogP contribution in [-0.4, -0.2) is 24.2 Å². The summed E-state index contributed by atoms with van der Waals surface area (Å²) in [4.78, 5) is 12.2. The van der Waals surface area contributed by atoms with Crippen LogP contribution in [0.25, 0.3) is 0 Å². The molecule has 0 heterocycles. The fourth-order valence-electron chi connectivity index (χ4n) is 2.80. The maximum atomic E-state index is 13.3. The van der Waals surface area contributed by atoms with Gasteiger partial charge in [-0.2, -0.15) is 0 Å². The van der Waals surface area contributed by atoms with Crippen LogP contribution in [0.15, 0.2) is 18.2 Å². The summed E-state index contributed by atoms with van der Waals surface area (Å²) in [5.74, 6) is 5.53. The van der Waals surface area contributed by atoms with Gasteiger partial charge in [-0.15, -0.1) is 0 Å². The third-order valence-electron chi connectivity index (χ3n) is 4.09. The van der Waals surface area contributed by atoms with Crippen LogP contribution in [0, 0.1) is 29.5 Å². The zero-order valence-electron chi connectivity index (χ0n) is 12.2. The van der Waals surface area contributed by atoms with Crippen LogP contribution in [0.5, 0.6) is 0 Å². The number of carbonyl (C=O) groups excluding carboxylic acids is 1. The average Bonchev–Trinajstić information content (AvgIpc) is 2.88. The van der Waals surface area contributed by atoms with Crippen LogP contribution in [0.2, 0.25) is 0 Å². The Labute approximate surface area is 124 Å². The van der Waals surface area contributed by atoms with Gasteiger partial charge in [0.1, 0.15) is 12.4 Å². The van der Waals surface area contributed by atoms with E-state index in [1.165, 1.54) is 31.0 Å². The Hall–Kier alpha value is -1.86. The van der Waals surface area contributed by atoms with E-state index in [0.29, 0.717) is 29.5 Å². The van der Waals surface area contributed by atoms with Gasteiger partial charge in [-0.1, -0.05) is 31.6 Å². The van der Waals surface area contributed by atoms with Gasteiger partial charge in [0, 0.05) is 12.1 Å². The molecule has 0 saturated heterocycles. The number of hydrogen-bond donors (Lipinski definition) is 2. The number of nitrogens with one attached hydrogen (secondary N) is 1. The van der Waals surface area contributed by atoms with Gasteiger partial charge in [-0.25, -0.2) is 4.39 Å². The molecule has 1 aliphatic carbocycles. The molecule has 0 aliphatic heterocycles. The third kappa shape index (κ3) is 4.05. The average molecular weight is 289 g/mol. The van der Waals surface area contributed by atoms with E-state index in [4.69, 9.17) is 5.11 Å². The normalized spacial score (nSPS) is 20.7. The molecule has 2 N–H and O–H groups in total. The molecule has 3 nitrogen and oxygen atoms in total. The molecule has 1 aromatic carbocycles. The summed E-state index contributed by atoms with van der Waals surface area (Å²) >= 11 is 0. The van der Waals surface area contributed by atoms with E-state index in [1.807, 2.05) is 0 Å². The quantitative estimate of drug-likeness (QED) is 0.839. The Morgan fingerprint density at radius 3 is 2.95 bits per heavy atom. The van der Waals surface area contributed by atoms with Crippen LogP contribution in [0.1, 0.15) is 42.1 Å². The van der Waals surface area contributed by atoms with Crippen molar-refractivity contribution in [2.24, 2.45) is 11.8 Å². The first-order chi connectivity index (χ1) is 10.1. The molecule has 0 aromatic heterocycles. The molecule has 1 aromatic rings. The molecule has 4 heteroatoms. The van der Waals surface area contributed by atoms with E-state index in [1.54, 1.807) is 0 Å². The van der Waals surface area contributed by atoms with Crippen molar-refractivity contribution < 1.29 is 14.3 Å². The highest BCUT2D eigenvalue weighted by Gasteiger charge is 2.24. The molecule has 2 rings (SSSR count). The largest absolute Gasteiger partial charge is 0.384 e. The van der Waals surface area contributed by atoms with Crippen LogP contribution < -0.4 is 5.32 Å². The van der Waals surface area contributed by atoms with Crippen molar-refractivity contribution in [3.63, 3.8) is 0 Å². The molecule has 1 aliphatic rings. The van der Waals surface area contributed by atoms with E-state index in [9.17, 15) is 9.18 Å². The number of amides is 1. The number of aliphatic hydroxyl groups is 1. The van der Waals surface area contributed by atoms with Crippen molar-refractivity contribution in [1.82, 2.24) is 5.32 Å².